The molecule has 1 amide bonds. The van der Waals surface area contributed by atoms with E-state index in [4.69, 9.17) is 5.73 Å². The van der Waals surface area contributed by atoms with E-state index in [0.717, 1.165) is 30.5 Å². The first-order valence-corrected chi connectivity index (χ1v) is 10.0. The maximum atomic E-state index is 13.3. The number of benzene rings is 1. The number of likely N-dealkylation sites (tertiary alicyclic amines) is 1. The Kier molecular flexibility index (Phi) is 6.63. The van der Waals surface area contributed by atoms with Crippen molar-refractivity contribution in [3.05, 3.63) is 45.8 Å². The van der Waals surface area contributed by atoms with E-state index in [1.165, 1.54) is 44.1 Å². The fraction of sp³-hybridized carbons (Fsp3) is 0.389. The van der Waals surface area contributed by atoms with E-state index in [0.29, 0.717) is 5.16 Å². The molecule has 2 aromatic rings. The van der Waals surface area contributed by atoms with Crippen LogP contribution in [0, 0.1) is 11.6 Å². The summed E-state index contributed by atoms with van der Waals surface area (Å²) in [5.41, 5.74) is 4.86. The largest absolute Gasteiger partial charge is 0.382 e. The molecule has 1 aliphatic heterocycles. The number of nitrogen functional groups attached to an aromatic ring is 1. The first-order chi connectivity index (χ1) is 13.4. The number of aromatic amines is 1. The van der Waals surface area contributed by atoms with Gasteiger partial charge in [-0.3, -0.25) is 14.6 Å². The van der Waals surface area contributed by atoms with Gasteiger partial charge in [0.2, 0.25) is 0 Å². The van der Waals surface area contributed by atoms with Gasteiger partial charge in [0.25, 0.3) is 11.5 Å². The fourth-order valence-corrected chi connectivity index (χ4v) is 3.99. The van der Waals surface area contributed by atoms with Crippen molar-refractivity contribution in [2.75, 3.05) is 36.4 Å². The third-order valence-corrected chi connectivity index (χ3v) is 5.48. The molecular weight excluding hydrogens is 388 g/mol. The number of carbonyl (C=O) groups is 1. The Morgan fingerprint density at radius 2 is 2.00 bits per heavy atom. The molecule has 0 aliphatic carbocycles. The molecule has 1 saturated heterocycles. The van der Waals surface area contributed by atoms with Gasteiger partial charge in [0.15, 0.2) is 22.6 Å². The Balaban J connectivity index is 1.63. The van der Waals surface area contributed by atoms with Crippen LogP contribution in [-0.2, 0) is 0 Å². The summed E-state index contributed by atoms with van der Waals surface area (Å²) < 4.78 is 26.3. The van der Waals surface area contributed by atoms with Crippen molar-refractivity contribution >= 4 is 29.2 Å². The van der Waals surface area contributed by atoms with E-state index in [1.54, 1.807) is 4.90 Å². The minimum Gasteiger partial charge on any atom is -0.382 e. The number of hydrogen-bond acceptors (Lipinski definition) is 5. The molecular formula is C18H22F2N5O2S+. The topological polar surface area (TPSA) is 105 Å². The third kappa shape index (κ3) is 5.08. The van der Waals surface area contributed by atoms with Crippen molar-refractivity contribution in [2.24, 2.45) is 0 Å². The van der Waals surface area contributed by atoms with Gasteiger partial charge in [-0.1, -0.05) is 11.8 Å². The molecule has 1 aromatic carbocycles. The number of piperidine rings is 1. The zero-order chi connectivity index (χ0) is 20.1. The minimum atomic E-state index is -1.16. The number of H-pyrrole nitrogens is 1. The lowest BCUT2D eigenvalue weighted by molar-refractivity contribution is -0.902. The molecule has 2 heterocycles. The van der Waals surface area contributed by atoms with Crippen LogP contribution in [-0.4, -0.2) is 41.3 Å². The number of amides is 1. The van der Waals surface area contributed by atoms with E-state index in [1.807, 2.05) is 0 Å². The maximum Gasteiger partial charge on any atom is 0.277 e. The number of nitrogens with zero attached hydrogens (tertiary/aromatic N) is 1. The normalized spacial score (nSPS) is 14.8. The summed E-state index contributed by atoms with van der Waals surface area (Å²) in [6.45, 7) is 3.31. The van der Waals surface area contributed by atoms with Gasteiger partial charge in [0.1, 0.15) is 5.69 Å². The number of nitrogens with two attached hydrogens (primary N) is 1. The highest BCUT2D eigenvalue weighted by atomic mass is 32.2. The lowest BCUT2D eigenvalue weighted by Gasteiger charge is -2.23. The molecule has 28 heavy (non-hydrogen) atoms. The van der Waals surface area contributed by atoms with E-state index in [2.05, 4.69) is 15.3 Å². The summed E-state index contributed by atoms with van der Waals surface area (Å²) in [5, 5.41) is 2.68. The lowest BCUT2D eigenvalue weighted by Crippen LogP contribution is -3.13. The SMILES string of the molecule is Nc1nc(SCC[NH+]2CCCCC2)[nH]c(=O)c1NC(=O)c1ccc(F)c(F)c1. The maximum absolute atomic E-state index is 13.3. The zero-order valence-electron chi connectivity index (χ0n) is 15.2. The van der Waals surface area contributed by atoms with Crippen molar-refractivity contribution < 1.29 is 18.5 Å². The summed E-state index contributed by atoms with van der Waals surface area (Å²) >= 11 is 1.40. The van der Waals surface area contributed by atoms with Crippen LogP contribution in [0.1, 0.15) is 29.6 Å². The van der Waals surface area contributed by atoms with Crippen LogP contribution in [0.4, 0.5) is 20.3 Å². The molecule has 5 N–H and O–H groups in total. The van der Waals surface area contributed by atoms with Crippen molar-refractivity contribution in [1.29, 1.82) is 0 Å². The summed E-state index contributed by atoms with van der Waals surface area (Å²) in [6, 6.07) is 2.69. The van der Waals surface area contributed by atoms with Crippen molar-refractivity contribution in [3.63, 3.8) is 0 Å². The number of nitrogens with one attached hydrogen (secondary N) is 3. The van der Waals surface area contributed by atoms with E-state index in [-0.39, 0.29) is 17.1 Å². The van der Waals surface area contributed by atoms with Crippen LogP contribution < -0.4 is 21.5 Å². The van der Waals surface area contributed by atoms with E-state index >= 15 is 0 Å². The molecule has 1 aliphatic rings. The second-order valence-electron chi connectivity index (χ2n) is 6.62. The molecule has 150 valence electrons. The molecule has 1 fully saturated rings. The smallest absolute Gasteiger partial charge is 0.277 e. The molecule has 0 radical (unpaired) electrons. The summed E-state index contributed by atoms with van der Waals surface area (Å²) in [4.78, 5) is 32.7. The van der Waals surface area contributed by atoms with E-state index < -0.39 is 23.1 Å². The summed E-state index contributed by atoms with van der Waals surface area (Å²) in [7, 11) is 0. The van der Waals surface area contributed by atoms with Gasteiger partial charge in [-0.15, -0.1) is 0 Å². The summed E-state index contributed by atoms with van der Waals surface area (Å²) in [6.07, 6.45) is 3.78. The lowest BCUT2D eigenvalue weighted by atomic mass is 10.1. The molecule has 0 saturated carbocycles. The zero-order valence-corrected chi connectivity index (χ0v) is 16.0. The first-order valence-electron chi connectivity index (χ1n) is 9.06. The van der Waals surface area contributed by atoms with Gasteiger partial charge in [-0.05, 0) is 37.5 Å². The van der Waals surface area contributed by atoms with Gasteiger partial charge >= 0.3 is 0 Å². The molecule has 0 bridgehead atoms. The van der Waals surface area contributed by atoms with Crippen LogP contribution in [0.3, 0.4) is 0 Å². The highest BCUT2D eigenvalue weighted by Crippen LogP contribution is 2.17. The monoisotopic (exact) mass is 410 g/mol. The number of hydrogen-bond donors (Lipinski definition) is 4. The molecule has 0 atom stereocenters. The predicted molar refractivity (Wildman–Crippen MR) is 104 cm³/mol. The Bertz CT molecular complexity index is 915. The number of carbonyl (C=O) groups excluding carboxylic acids is 1. The van der Waals surface area contributed by atoms with Crippen molar-refractivity contribution in [2.45, 2.75) is 24.4 Å². The third-order valence-electron chi connectivity index (χ3n) is 4.60. The van der Waals surface area contributed by atoms with Gasteiger partial charge in [-0.2, -0.15) is 0 Å². The van der Waals surface area contributed by atoms with Crippen LogP contribution in [0.25, 0.3) is 0 Å². The predicted octanol–water partition coefficient (Wildman–Crippen LogP) is 1.04. The molecule has 10 heteroatoms. The van der Waals surface area contributed by atoms with E-state index in [9.17, 15) is 18.4 Å². The number of rotatable bonds is 6. The number of anilines is 2. The van der Waals surface area contributed by atoms with Crippen LogP contribution >= 0.6 is 11.8 Å². The van der Waals surface area contributed by atoms with Crippen molar-refractivity contribution in [3.8, 4) is 0 Å². The average Bonchev–Trinajstić information content (AvgIpc) is 2.67. The Hall–Kier alpha value is -2.46. The number of aromatic nitrogens is 2. The van der Waals surface area contributed by atoms with Gasteiger partial charge in [-0.25, -0.2) is 13.8 Å². The fourth-order valence-electron chi connectivity index (χ4n) is 3.08. The highest BCUT2D eigenvalue weighted by molar-refractivity contribution is 7.99. The Morgan fingerprint density at radius 3 is 2.68 bits per heavy atom. The molecule has 0 unspecified atom stereocenters. The van der Waals surface area contributed by atoms with Gasteiger partial charge in [0.05, 0.1) is 25.4 Å². The highest BCUT2D eigenvalue weighted by Gasteiger charge is 2.17. The Labute approximate surface area is 164 Å². The molecule has 0 spiro atoms. The molecule has 7 nitrogen and oxygen atoms in total. The minimum absolute atomic E-state index is 0.132. The second-order valence-corrected chi connectivity index (χ2v) is 7.71. The van der Waals surface area contributed by atoms with Gasteiger partial charge < -0.3 is 16.0 Å². The van der Waals surface area contributed by atoms with Crippen LogP contribution in [0.5, 0.6) is 0 Å². The Morgan fingerprint density at radius 1 is 1.25 bits per heavy atom. The molecule has 1 aromatic heterocycles. The molecule has 3 rings (SSSR count). The second kappa shape index (κ2) is 9.16. The number of thioether (sulfide) groups is 1. The van der Waals surface area contributed by atoms with Gasteiger partial charge in [0, 0.05) is 5.56 Å². The van der Waals surface area contributed by atoms with Crippen molar-refractivity contribution in [1.82, 2.24) is 9.97 Å². The standard InChI is InChI=1S/C18H21F2N5O2S/c19-12-5-4-11(10-13(12)20)16(26)22-14-15(21)23-18(24-17(14)27)28-9-8-25-6-2-1-3-7-25/h4-5,10H,1-3,6-9H2,(H,22,26)(H3,21,23,24,27)/p+1. The van der Waals surface area contributed by atoms with Crippen LogP contribution in [0.2, 0.25) is 0 Å². The van der Waals surface area contributed by atoms with Crippen LogP contribution in [0.15, 0.2) is 28.2 Å². The quantitative estimate of drug-likeness (QED) is 0.421. The number of halogens is 2. The first kappa shape index (κ1) is 20.3. The average molecular weight is 410 g/mol. The number of quaternary nitrogens is 1. The summed E-state index contributed by atoms with van der Waals surface area (Å²) in [5.74, 6) is -2.35.